The van der Waals surface area contributed by atoms with Gasteiger partial charge < -0.3 is 4.98 Å². The third kappa shape index (κ3) is 2.51. The van der Waals surface area contributed by atoms with Crippen molar-refractivity contribution in [1.29, 1.82) is 0 Å². The third-order valence-electron chi connectivity index (χ3n) is 3.76. The number of rotatable bonds is 3. The molecule has 0 spiro atoms. The number of aryl methyl sites for hydroxylation is 2. The summed E-state index contributed by atoms with van der Waals surface area (Å²) in [6.45, 7) is 2.60. The zero-order valence-electron chi connectivity index (χ0n) is 12.8. The summed E-state index contributed by atoms with van der Waals surface area (Å²) in [5.74, 6) is 0.799. The van der Waals surface area contributed by atoms with Gasteiger partial charge in [0.1, 0.15) is 11.3 Å². The third-order valence-corrected chi connectivity index (χ3v) is 4.00. The molecule has 116 valence electrons. The smallest absolute Gasteiger partial charge is 0.177 e. The minimum Gasteiger partial charge on any atom is -0.335 e. The van der Waals surface area contributed by atoms with E-state index in [4.69, 9.17) is 16.6 Å². The molecule has 0 saturated carbocycles. The molecule has 7 heteroatoms. The van der Waals surface area contributed by atoms with Gasteiger partial charge in [0.15, 0.2) is 5.65 Å². The molecule has 23 heavy (non-hydrogen) atoms. The summed E-state index contributed by atoms with van der Waals surface area (Å²) in [5, 5.41) is 9.49. The quantitative estimate of drug-likeness (QED) is 0.629. The minimum absolute atomic E-state index is 0.627. The van der Waals surface area contributed by atoms with Gasteiger partial charge in [0.05, 0.1) is 24.0 Å². The van der Waals surface area contributed by atoms with Gasteiger partial charge in [-0.05, 0) is 24.6 Å². The van der Waals surface area contributed by atoms with Crippen LogP contribution in [0.1, 0.15) is 11.3 Å². The van der Waals surface area contributed by atoms with Gasteiger partial charge in [-0.3, -0.25) is 4.68 Å². The van der Waals surface area contributed by atoms with Crippen molar-refractivity contribution in [2.24, 2.45) is 7.05 Å². The van der Waals surface area contributed by atoms with Crippen LogP contribution < -0.4 is 0 Å². The number of imidazole rings is 1. The minimum atomic E-state index is 0.627. The van der Waals surface area contributed by atoms with E-state index in [0.29, 0.717) is 6.54 Å². The Morgan fingerprint density at radius 2 is 2.17 bits per heavy atom. The van der Waals surface area contributed by atoms with Crippen LogP contribution in [0.3, 0.4) is 0 Å². The molecule has 4 aromatic rings. The van der Waals surface area contributed by atoms with Crippen molar-refractivity contribution in [2.45, 2.75) is 13.5 Å². The lowest BCUT2D eigenvalue weighted by atomic mass is 10.2. The van der Waals surface area contributed by atoms with E-state index < -0.39 is 0 Å². The van der Waals surface area contributed by atoms with Crippen LogP contribution in [0.2, 0.25) is 5.02 Å². The zero-order chi connectivity index (χ0) is 16.0. The van der Waals surface area contributed by atoms with Crippen LogP contribution in [0, 0.1) is 6.92 Å². The van der Waals surface area contributed by atoms with Crippen LogP contribution in [0.4, 0.5) is 0 Å². The SMILES string of the molecule is Cc1nn(Cc2cccc(Cl)c2)c2nc(-c3cnn(C)c3)[nH]c12. The second-order valence-electron chi connectivity index (χ2n) is 5.56. The number of halogens is 1. The van der Waals surface area contributed by atoms with Crippen molar-refractivity contribution in [1.82, 2.24) is 29.5 Å². The Balaban J connectivity index is 1.77. The number of nitrogens with one attached hydrogen (secondary N) is 1. The Bertz CT molecular complexity index is 993. The van der Waals surface area contributed by atoms with Crippen LogP contribution in [0.25, 0.3) is 22.6 Å². The predicted molar refractivity (Wildman–Crippen MR) is 89.4 cm³/mol. The maximum Gasteiger partial charge on any atom is 0.177 e. The van der Waals surface area contributed by atoms with E-state index in [1.165, 1.54) is 0 Å². The predicted octanol–water partition coefficient (Wildman–Crippen LogP) is 3.17. The van der Waals surface area contributed by atoms with Gasteiger partial charge in [0, 0.05) is 18.3 Å². The van der Waals surface area contributed by atoms with Gasteiger partial charge >= 0.3 is 0 Å². The van der Waals surface area contributed by atoms with E-state index >= 15 is 0 Å². The summed E-state index contributed by atoms with van der Waals surface area (Å²) in [5.41, 5.74) is 4.75. The number of aromatic amines is 1. The Kier molecular flexibility index (Phi) is 3.20. The topological polar surface area (TPSA) is 64.3 Å². The Morgan fingerprint density at radius 3 is 2.91 bits per heavy atom. The summed E-state index contributed by atoms with van der Waals surface area (Å²) >= 11 is 6.06. The van der Waals surface area contributed by atoms with Gasteiger partial charge in [0.25, 0.3) is 0 Å². The van der Waals surface area contributed by atoms with Gasteiger partial charge in [-0.15, -0.1) is 0 Å². The number of nitrogens with zero attached hydrogens (tertiary/aromatic N) is 5. The molecule has 3 aromatic heterocycles. The average Bonchev–Trinajstić information content (AvgIpc) is 3.17. The second kappa shape index (κ2) is 5.24. The van der Waals surface area contributed by atoms with E-state index in [9.17, 15) is 0 Å². The monoisotopic (exact) mass is 326 g/mol. The first-order chi connectivity index (χ1) is 11.1. The van der Waals surface area contributed by atoms with Crippen molar-refractivity contribution in [2.75, 3.05) is 0 Å². The number of fused-ring (bicyclic) bond motifs is 1. The molecule has 0 radical (unpaired) electrons. The van der Waals surface area contributed by atoms with Crippen LogP contribution in [-0.4, -0.2) is 29.5 Å². The summed E-state index contributed by atoms with van der Waals surface area (Å²) < 4.78 is 3.65. The number of benzene rings is 1. The number of hydrogen-bond acceptors (Lipinski definition) is 3. The molecule has 0 saturated heterocycles. The largest absolute Gasteiger partial charge is 0.335 e. The van der Waals surface area contributed by atoms with Crippen LogP contribution in [-0.2, 0) is 13.6 Å². The molecule has 0 fully saturated rings. The molecular weight excluding hydrogens is 312 g/mol. The van der Waals surface area contributed by atoms with E-state index in [0.717, 1.165) is 38.8 Å². The molecule has 3 heterocycles. The average molecular weight is 327 g/mol. The molecule has 0 aliphatic rings. The van der Waals surface area contributed by atoms with E-state index in [1.54, 1.807) is 10.9 Å². The highest BCUT2D eigenvalue weighted by atomic mass is 35.5. The number of aromatic nitrogens is 6. The van der Waals surface area contributed by atoms with Gasteiger partial charge in [-0.2, -0.15) is 10.2 Å². The Labute approximate surface area is 137 Å². The highest BCUT2D eigenvalue weighted by molar-refractivity contribution is 6.30. The van der Waals surface area contributed by atoms with Crippen molar-refractivity contribution < 1.29 is 0 Å². The van der Waals surface area contributed by atoms with E-state index in [-0.39, 0.29) is 0 Å². The second-order valence-corrected chi connectivity index (χ2v) is 6.00. The fourth-order valence-corrected chi connectivity index (χ4v) is 2.89. The molecular formula is C16H15ClN6. The van der Waals surface area contributed by atoms with Crippen molar-refractivity contribution in [3.8, 4) is 11.4 Å². The van der Waals surface area contributed by atoms with E-state index in [1.807, 2.05) is 49.1 Å². The fourth-order valence-electron chi connectivity index (χ4n) is 2.68. The molecule has 0 aliphatic carbocycles. The zero-order valence-corrected chi connectivity index (χ0v) is 13.5. The standard InChI is InChI=1S/C16H15ClN6/c1-10-14-16(20-15(19-14)12-7-18-22(2)9-12)23(21-10)8-11-4-3-5-13(17)6-11/h3-7,9H,8H2,1-2H3,(H,19,20). The first kappa shape index (κ1) is 14.0. The lowest BCUT2D eigenvalue weighted by Gasteiger charge is -2.02. The first-order valence-corrected chi connectivity index (χ1v) is 7.64. The first-order valence-electron chi connectivity index (χ1n) is 7.27. The Hall–Kier alpha value is -2.60. The lowest BCUT2D eigenvalue weighted by Crippen LogP contribution is -2.02. The van der Waals surface area contributed by atoms with Crippen molar-refractivity contribution in [3.05, 3.63) is 52.9 Å². The highest BCUT2D eigenvalue weighted by Gasteiger charge is 2.15. The molecule has 0 atom stereocenters. The van der Waals surface area contributed by atoms with Crippen molar-refractivity contribution >= 4 is 22.8 Å². The fraction of sp³-hybridized carbons (Fsp3) is 0.188. The summed E-state index contributed by atoms with van der Waals surface area (Å²) in [7, 11) is 1.89. The van der Waals surface area contributed by atoms with Gasteiger partial charge in [-0.1, -0.05) is 23.7 Å². The lowest BCUT2D eigenvalue weighted by molar-refractivity contribution is 0.696. The molecule has 6 nitrogen and oxygen atoms in total. The maximum atomic E-state index is 6.06. The summed E-state index contributed by atoms with van der Waals surface area (Å²) in [4.78, 5) is 8.03. The maximum absolute atomic E-state index is 6.06. The molecule has 0 bridgehead atoms. The van der Waals surface area contributed by atoms with Gasteiger partial charge in [0.2, 0.25) is 0 Å². The molecule has 0 unspecified atom stereocenters. The molecule has 1 N–H and O–H groups in total. The van der Waals surface area contributed by atoms with Gasteiger partial charge in [-0.25, -0.2) is 9.67 Å². The Morgan fingerprint density at radius 1 is 1.30 bits per heavy atom. The summed E-state index contributed by atoms with van der Waals surface area (Å²) in [6, 6.07) is 7.78. The molecule has 4 rings (SSSR count). The highest BCUT2D eigenvalue weighted by Crippen LogP contribution is 2.23. The van der Waals surface area contributed by atoms with Crippen LogP contribution >= 0.6 is 11.6 Å². The number of H-pyrrole nitrogens is 1. The van der Waals surface area contributed by atoms with Crippen LogP contribution in [0.15, 0.2) is 36.7 Å². The van der Waals surface area contributed by atoms with Crippen LogP contribution in [0.5, 0.6) is 0 Å². The van der Waals surface area contributed by atoms with Crippen molar-refractivity contribution in [3.63, 3.8) is 0 Å². The molecule has 1 aromatic carbocycles. The van der Waals surface area contributed by atoms with E-state index in [2.05, 4.69) is 15.2 Å². The molecule has 0 amide bonds. The normalized spacial score (nSPS) is 11.4. The molecule has 0 aliphatic heterocycles. The summed E-state index contributed by atoms with van der Waals surface area (Å²) in [6.07, 6.45) is 3.73. The number of hydrogen-bond donors (Lipinski definition) is 1.